The van der Waals surface area contributed by atoms with Crippen LogP contribution >= 0.6 is 15.9 Å². The van der Waals surface area contributed by atoms with Gasteiger partial charge in [-0.05, 0) is 66.3 Å². The van der Waals surface area contributed by atoms with Crippen LogP contribution in [-0.4, -0.2) is 101 Å². The monoisotopic (exact) mass is 680 g/mol. The van der Waals surface area contributed by atoms with Gasteiger partial charge in [-0.25, -0.2) is 14.8 Å². The fourth-order valence-electron chi connectivity index (χ4n) is 5.94. The number of aromatic nitrogens is 2. The Labute approximate surface area is 262 Å². The molecule has 5 rings (SSSR count). The van der Waals surface area contributed by atoms with Crippen molar-refractivity contribution in [1.82, 2.24) is 19.8 Å². The van der Waals surface area contributed by atoms with E-state index in [1.165, 1.54) is 18.4 Å². The number of ketones is 1. The number of likely N-dealkylation sites (tertiary alicyclic amines) is 1. The molecule has 2 aromatic rings. The predicted molar refractivity (Wildman–Crippen MR) is 159 cm³/mol. The van der Waals surface area contributed by atoms with E-state index in [1.54, 1.807) is 6.20 Å². The third-order valence-electron chi connectivity index (χ3n) is 8.19. The molecule has 1 N–H and O–H groups in total. The van der Waals surface area contributed by atoms with Crippen molar-refractivity contribution < 1.29 is 32.6 Å². The van der Waals surface area contributed by atoms with Gasteiger partial charge in [-0.15, -0.1) is 0 Å². The van der Waals surface area contributed by atoms with E-state index < -0.39 is 12.1 Å². The number of nitrogens with zero attached hydrogens (tertiary/aromatic N) is 6. The Hall–Kier alpha value is -3.12. The molecule has 44 heavy (non-hydrogen) atoms. The number of hydrogen-bond acceptors (Lipinski definition) is 9. The molecule has 14 heteroatoms. The molecule has 3 heterocycles. The van der Waals surface area contributed by atoms with Crippen LogP contribution in [0.25, 0.3) is 0 Å². The Balaban J connectivity index is 0.000000566. The van der Waals surface area contributed by atoms with Gasteiger partial charge in [-0.3, -0.25) is 14.6 Å². The highest BCUT2D eigenvalue weighted by atomic mass is 79.9. The number of carbonyl (C=O) groups is 2. The van der Waals surface area contributed by atoms with Crippen LogP contribution < -0.4 is 4.90 Å². The molecular formula is C30H36BrF3N6O4. The summed E-state index contributed by atoms with van der Waals surface area (Å²) in [7, 11) is 0. The SMILES string of the molecule is N#Cc1ncc(Br)c(N(CC(=O)c2cccc(CN3CCC(N4CCOCC4)CC3)c2)C2CCCC2)n1.O=C(O)C(F)(F)F. The van der Waals surface area contributed by atoms with Gasteiger partial charge in [0, 0.05) is 43.5 Å². The number of carboxylic acid groups (broad SMARTS) is 1. The average molecular weight is 682 g/mol. The third kappa shape index (κ3) is 9.44. The minimum Gasteiger partial charge on any atom is -0.475 e. The number of ether oxygens (including phenoxy) is 1. The number of nitriles is 1. The fraction of sp³-hybridized carbons (Fsp3) is 0.567. The first-order chi connectivity index (χ1) is 21.0. The van der Waals surface area contributed by atoms with Crippen molar-refractivity contribution in [3.63, 3.8) is 0 Å². The molecule has 1 saturated carbocycles. The first-order valence-electron chi connectivity index (χ1n) is 14.7. The van der Waals surface area contributed by atoms with Crippen molar-refractivity contribution >= 4 is 33.5 Å². The summed E-state index contributed by atoms with van der Waals surface area (Å²) in [6.07, 6.45) is 3.22. The molecule has 0 spiro atoms. The van der Waals surface area contributed by atoms with E-state index in [2.05, 4.69) is 52.7 Å². The van der Waals surface area contributed by atoms with Crippen LogP contribution in [0.4, 0.5) is 19.0 Å². The van der Waals surface area contributed by atoms with E-state index in [4.69, 9.17) is 14.6 Å². The Morgan fingerprint density at radius 1 is 1.11 bits per heavy atom. The topological polar surface area (TPSA) is 123 Å². The van der Waals surface area contributed by atoms with Gasteiger partial charge in [-0.1, -0.05) is 31.0 Å². The van der Waals surface area contributed by atoms with Crippen molar-refractivity contribution in [3.8, 4) is 6.07 Å². The van der Waals surface area contributed by atoms with E-state index in [9.17, 15) is 23.2 Å². The molecule has 2 aliphatic heterocycles. The minimum atomic E-state index is -5.08. The number of carboxylic acids is 1. The summed E-state index contributed by atoms with van der Waals surface area (Å²) in [6, 6.07) is 11.0. The summed E-state index contributed by atoms with van der Waals surface area (Å²) in [5.41, 5.74) is 1.91. The van der Waals surface area contributed by atoms with Crippen LogP contribution in [-0.2, 0) is 16.1 Å². The number of halogens is 4. The molecule has 238 valence electrons. The molecule has 10 nitrogen and oxygen atoms in total. The van der Waals surface area contributed by atoms with Gasteiger partial charge in [-0.2, -0.15) is 18.4 Å². The molecule has 3 aliphatic rings. The van der Waals surface area contributed by atoms with Crippen LogP contribution in [0, 0.1) is 11.3 Å². The Kier molecular flexibility index (Phi) is 12.1. The zero-order valence-electron chi connectivity index (χ0n) is 24.3. The molecule has 1 aromatic carbocycles. The van der Waals surface area contributed by atoms with E-state index in [1.807, 2.05) is 18.2 Å². The molecule has 2 saturated heterocycles. The molecule has 0 bridgehead atoms. The Morgan fingerprint density at radius 2 is 1.77 bits per heavy atom. The first-order valence-corrected chi connectivity index (χ1v) is 15.5. The summed E-state index contributed by atoms with van der Waals surface area (Å²) >= 11 is 3.55. The van der Waals surface area contributed by atoms with Crippen LogP contribution in [0.2, 0.25) is 0 Å². The summed E-state index contributed by atoms with van der Waals surface area (Å²) in [5.74, 6) is -1.93. The minimum absolute atomic E-state index is 0.0730. The summed E-state index contributed by atoms with van der Waals surface area (Å²) in [4.78, 5) is 38.1. The van der Waals surface area contributed by atoms with E-state index in [-0.39, 0.29) is 24.2 Å². The van der Waals surface area contributed by atoms with Gasteiger partial charge in [0.15, 0.2) is 5.78 Å². The highest BCUT2D eigenvalue weighted by Gasteiger charge is 2.38. The molecule has 0 atom stereocenters. The van der Waals surface area contributed by atoms with Crippen molar-refractivity contribution in [3.05, 3.63) is 51.9 Å². The summed E-state index contributed by atoms with van der Waals surface area (Å²) < 4.78 is 38.0. The lowest BCUT2D eigenvalue weighted by Crippen LogP contribution is -2.48. The van der Waals surface area contributed by atoms with Gasteiger partial charge in [0.25, 0.3) is 0 Å². The lowest BCUT2D eigenvalue weighted by Gasteiger charge is -2.40. The lowest BCUT2D eigenvalue weighted by atomic mass is 10.0. The zero-order valence-corrected chi connectivity index (χ0v) is 25.9. The smallest absolute Gasteiger partial charge is 0.475 e. The number of hydrogen-bond donors (Lipinski definition) is 1. The number of Topliss-reactive ketones (excluding diaryl/α,β-unsaturated/α-hetero) is 1. The van der Waals surface area contributed by atoms with Crippen LogP contribution in [0.1, 0.15) is 60.3 Å². The van der Waals surface area contributed by atoms with Crippen LogP contribution in [0.15, 0.2) is 34.9 Å². The third-order valence-corrected chi connectivity index (χ3v) is 8.75. The second kappa shape index (κ2) is 15.7. The highest BCUT2D eigenvalue weighted by molar-refractivity contribution is 9.10. The molecule has 0 unspecified atom stereocenters. The van der Waals surface area contributed by atoms with Gasteiger partial charge in [0.1, 0.15) is 11.9 Å². The normalized spacial score (nSPS) is 18.7. The molecule has 1 aliphatic carbocycles. The number of anilines is 1. The molecule has 0 radical (unpaired) electrons. The average Bonchev–Trinajstić information content (AvgIpc) is 3.56. The first kappa shape index (κ1) is 33.8. The van der Waals surface area contributed by atoms with Crippen molar-refractivity contribution in [2.75, 3.05) is 50.8 Å². The largest absolute Gasteiger partial charge is 0.490 e. The van der Waals surface area contributed by atoms with Crippen molar-refractivity contribution in [1.29, 1.82) is 5.26 Å². The summed E-state index contributed by atoms with van der Waals surface area (Å²) in [6.45, 7) is 7.08. The predicted octanol–water partition coefficient (Wildman–Crippen LogP) is 4.67. The second-order valence-corrected chi connectivity index (χ2v) is 12.0. The lowest BCUT2D eigenvalue weighted by molar-refractivity contribution is -0.192. The number of rotatable bonds is 8. The molecule has 0 amide bonds. The fourth-order valence-corrected chi connectivity index (χ4v) is 6.36. The zero-order chi connectivity index (χ0) is 31.7. The quantitative estimate of drug-likeness (QED) is 0.394. The van der Waals surface area contributed by atoms with Gasteiger partial charge in [0.2, 0.25) is 5.82 Å². The van der Waals surface area contributed by atoms with Crippen LogP contribution in [0.5, 0.6) is 0 Å². The maximum atomic E-state index is 13.5. The number of morpholine rings is 1. The molecule has 1 aromatic heterocycles. The number of alkyl halides is 3. The van der Waals surface area contributed by atoms with E-state index >= 15 is 0 Å². The number of piperidine rings is 1. The standard InChI is InChI=1S/C28H35BrN6O2.C2HF3O2/c29-25-18-31-27(17-30)32-28(25)35(24-6-1-2-7-24)20-26(36)22-5-3-4-21(16-22)19-33-10-8-23(9-11-33)34-12-14-37-15-13-34;3-2(4,5)1(6)7/h3-5,16,18,23-24H,1-2,6-15,19-20H2;(H,6,7). The van der Waals surface area contributed by atoms with Gasteiger partial charge >= 0.3 is 12.1 Å². The van der Waals surface area contributed by atoms with Crippen molar-refractivity contribution in [2.45, 2.75) is 63.3 Å². The maximum absolute atomic E-state index is 13.5. The highest BCUT2D eigenvalue weighted by Crippen LogP contribution is 2.32. The summed E-state index contributed by atoms with van der Waals surface area (Å²) in [5, 5.41) is 16.4. The second-order valence-electron chi connectivity index (χ2n) is 11.1. The molecule has 3 fully saturated rings. The maximum Gasteiger partial charge on any atom is 0.490 e. The van der Waals surface area contributed by atoms with Crippen molar-refractivity contribution in [2.24, 2.45) is 0 Å². The van der Waals surface area contributed by atoms with Crippen LogP contribution in [0.3, 0.4) is 0 Å². The van der Waals surface area contributed by atoms with Gasteiger partial charge < -0.3 is 14.7 Å². The van der Waals surface area contributed by atoms with E-state index in [0.29, 0.717) is 16.3 Å². The van der Waals surface area contributed by atoms with Gasteiger partial charge in [0.05, 0.1) is 24.2 Å². The molecular weight excluding hydrogens is 645 g/mol. The Morgan fingerprint density at radius 3 is 2.39 bits per heavy atom. The number of benzene rings is 1. The number of carbonyl (C=O) groups excluding carboxylic acids is 1. The Bertz CT molecular complexity index is 1320. The number of aliphatic carboxylic acids is 1. The van der Waals surface area contributed by atoms with E-state index in [0.717, 1.165) is 77.2 Å².